The minimum Gasteiger partial charge on any atom is -0.481 e. The number of carboxylic acids is 1. The molecule has 1 aliphatic heterocycles. The maximum absolute atomic E-state index is 12.5. The highest BCUT2D eigenvalue weighted by Crippen LogP contribution is 2.36. The standard InChI is InChI=1S/C16H17NO5/c18-14-12-7-9(5-6-10(12)15(19)20)8-22-16(21)11-3-1-2-4-13(11)17-14/h1-4,9-10,12H,5-8H2,(H,17,18)(H,19,20). The molecule has 1 aliphatic carbocycles. The van der Waals surface area contributed by atoms with E-state index >= 15 is 0 Å². The summed E-state index contributed by atoms with van der Waals surface area (Å²) in [5, 5.41) is 12.0. The van der Waals surface area contributed by atoms with Gasteiger partial charge in [0.25, 0.3) is 0 Å². The van der Waals surface area contributed by atoms with Crippen molar-refractivity contribution in [2.45, 2.75) is 19.3 Å². The number of fused-ring (bicyclic) bond motifs is 3. The molecule has 3 atom stereocenters. The molecule has 1 aromatic carbocycles. The van der Waals surface area contributed by atoms with Crippen LogP contribution in [0.3, 0.4) is 0 Å². The summed E-state index contributed by atoms with van der Waals surface area (Å²) < 4.78 is 5.32. The van der Waals surface area contributed by atoms with E-state index in [1.165, 1.54) is 0 Å². The monoisotopic (exact) mass is 303 g/mol. The number of rotatable bonds is 1. The first-order valence-electron chi connectivity index (χ1n) is 7.36. The Balaban J connectivity index is 1.95. The van der Waals surface area contributed by atoms with Gasteiger partial charge in [-0.15, -0.1) is 0 Å². The summed E-state index contributed by atoms with van der Waals surface area (Å²) in [5.74, 6) is -2.99. The van der Waals surface area contributed by atoms with Crippen molar-refractivity contribution >= 4 is 23.5 Å². The number of amides is 1. The lowest BCUT2D eigenvalue weighted by Crippen LogP contribution is -2.40. The smallest absolute Gasteiger partial charge is 0.340 e. The molecule has 2 bridgehead atoms. The molecular weight excluding hydrogens is 286 g/mol. The summed E-state index contributed by atoms with van der Waals surface area (Å²) in [6.45, 7) is 0.225. The number of esters is 1. The van der Waals surface area contributed by atoms with Crippen molar-refractivity contribution in [3.8, 4) is 0 Å². The number of para-hydroxylation sites is 1. The van der Waals surface area contributed by atoms with Crippen molar-refractivity contribution in [3.63, 3.8) is 0 Å². The number of ether oxygens (including phenoxy) is 1. The zero-order valence-electron chi connectivity index (χ0n) is 12.0. The maximum atomic E-state index is 12.5. The first-order valence-corrected chi connectivity index (χ1v) is 7.36. The number of carbonyl (C=O) groups excluding carboxylic acids is 2. The number of aliphatic carboxylic acids is 1. The van der Waals surface area contributed by atoms with Crippen molar-refractivity contribution in [1.82, 2.24) is 0 Å². The van der Waals surface area contributed by atoms with Gasteiger partial charge >= 0.3 is 11.9 Å². The molecule has 6 nitrogen and oxygen atoms in total. The van der Waals surface area contributed by atoms with Gasteiger partial charge in [-0.3, -0.25) is 9.59 Å². The molecule has 0 spiro atoms. The molecule has 1 amide bonds. The Labute approximate surface area is 127 Å². The van der Waals surface area contributed by atoms with E-state index in [0.29, 0.717) is 30.5 Å². The maximum Gasteiger partial charge on any atom is 0.340 e. The van der Waals surface area contributed by atoms with Gasteiger partial charge in [0.15, 0.2) is 0 Å². The molecule has 1 heterocycles. The second-order valence-corrected chi connectivity index (χ2v) is 5.86. The second kappa shape index (κ2) is 5.79. The van der Waals surface area contributed by atoms with E-state index < -0.39 is 23.8 Å². The molecule has 1 aromatic rings. The molecule has 3 rings (SSSR count). The van der Waals surface area contributed by atoms with Crippen LogP contribution in [0, 0.1) is 17.8 Å². The molecule has 2 aliphatic rings. The molecule has 116 valence electrons. The minimum absolute atomic E-state index is 0.0283. The Kier molecular flexibility index (Phi) is 3.83. The van der Waals surface area contributed by atoms with E-state index in [0.717, 1.165) is 0 Å². The largest absolute Gasteiger partial charge is 0.481 e. The van der Waals surface area contributed by atoms with Gasteiger partial charge in [-0.25, -0.2) is 4.79 Å². The molecule has 0 aromatic heterocycles. The van der Waals surface area contributed by atoms with Gasteiger partial charge in [0.05, 0.1) is 29.7 Å². The number of carbonyl (C=O) groups is 3. The first-order chi connectivity index (χ1) is 10.6. The van der Waals surface area contributed by atoms with Gasteiger partial charge in [0.1, 0.15) is 0 Å². The third-order valence-electron chi connectivity index (χ3n) is 4.47. The van der Waals surface area contributed by atoms with E-state index in [9.17, 15) is 19.5 Å². The van der Waals surface area contributed by atoms with E-state index in [1.54, 1.807) is 24.3 Å². The van der Waals surface area contributed by atoms with Crippen LogP contribution in [0.5, 0.6) is 0 Å². The van der Waals surface area contributed by atoms with Crippen molar-refractivity contribution in [2.24, 2.45) is 17.8 Å². The third kappa shape index (κ3) is 2.68. The topological polar surface area (TPSA) is 92.7 Å². The van der Waals surface area contributed by atoms with E-state index in [1.807, 2.05) is 0 Å². The highest BCUT2D eigenvalue weighted by Gasteiger charge is 2.40. The quantitative estimate of drug-likeness (QED) is 0.773. The Morgan fingerprint density at radius 2 is 2.00 bits per heavy atom. The fraction of sp³-hybridized carbons (Fsp3) is 0.438. The highest BCUT2D eigenvalue weighted by molar-refractivity contribution is 6.02. The van der Waals surface area contributed by atoms with E-state index in [-0.39, 0.29) is 18.4 Å². The Morgan fingerprint density at radius 3 is 2.77 bits per heavy atom. The van der Waals surface area contributed by atoms with Gasteiger partial charge in [-0.05, 0) is 37.3 Å². The number of anilines is 1. The van der Waals surface area contributed by atoms with Gasteiger partial charge in [-0.1, -0.05) is 12.1 Å². The summed E-state index contributed by atoms with van der Waals surface area (Å²) in [5.41, 5.74) is 0.661. The first kappa shape index (κ1) is 14.6. The number of hydrogen-bond acceptors (Lipinski definition) is 4. The lowest BCUT2D eigenvalue weighted by Gasteiger charge is -2.33. The normalized spacial score (nSPS) is 28.1. The molecule has 2 N–H and O–H groups in total. The van der Waals surface area contributed by atoms with Crippen LogP contribution >= 0.6 is 0 Å². The van der Waals surface area contributed by atoms with Gasteiger partial charge in [-0.2, -0.15) is 0 Å². The Hall–Kier alpha value is -2.37. The van der Waals surface area contributed by atoms with Crippen LogP contribution < -0.4 is 5.32 Å². The molecule has 22 heavy (non-hydrogen) atoms. The predicted molar refractivity (Wildman–Crippen MR) is 77.3 cm³/mol. The number of cyclic esters (lactones) is 1. The van der Waals surface area contributed by atoms with Crippen LogP contribution in [0.2, 0.25) is 0 Å². The van der Waals surface area contributed by atoms with Crippen LogP contribution in [-0.2, 0) is 14.3 Å². The number of hydrogen-bond donors (Lipinski definition) is 2. The summed E-state index contributed by atoms with van der Waals surface area (Å²) >= 11 is 0. The lowest BCUT2D eigenvalue weighted by atomic mass is 9.73. The number of carboxylic acid groups (broad SMARTS) is 1. The van der Waals surface area contributed by atoms with Crippen LogP contribution in [0.1, 0.15) is 29.6 Å². The van der Waals surface area contributed by atoms with E-state index in [4.69, 9.17) is 4.74 Å². The molecular formula is C16H17NO5. The third-order valence-corrected chi connectivity index (χ3v) is 4.47. The molecule has 6 heteroatoms. The van der Waals surface area contributed by atoms with Gasteiger partial charge < -0.3 is 15.2 Å². The van der Waals surface area contributed by atoms with Crippen molar-refractivity contribution in [3.05, 3.63) is 29.8 Å². The number of nitrogens with one attached hydrogen (secondary N) is 1. The SMILES string of the molecule is O=C1OCC2CCC(C(=O)O)C(C2)C(=O)Nc2ccccc21. The Bertz CT molecular complexity index is 627. The fourth-order valence-corrected chi connectivity index (χ4v) is 3.26. The molecule has 1 fully saturated rings. The van der Waals surface area contributed by atoms with Gasteiger partial charge in [0, 0.05) is 0 Å². The lowest BCUT2D eigenvalue weighted by molar-refractivity contribution is -0.148. The summed E-state index contributed by atoms with van der Waals surface area (Å²) in [7, 11) is 0. The summed E-state index contributed by atoms with van der Waals surface area (Å²) in [6, 6.07) is 6.60. The van der Waals surface area contributed by atoms with Crippen molar-refractivity contribution in [1.29, 1.82) is 0 Å². The average molecular weight is 303 g/mol. The summed E-state index contributed by atoms with van der Waals surface area (Å²) in [4.78, 5) is 36.0. The zero-order chi connectivity index (χ0) is 15.7. The second-order valence-electron chi connectivity index (χ2n) is 5.86. The van der Waals surface area contributed by atoms with Crippen LogP contribution in [0.15, 0.2) is 24.3 Å². The molecule has 1 saturated carbocycles. The summed E-state index contributed by atoms with van der Waals surface area (Å²) in [6.07, 6.45) is 1.51. The number of benzene rings is 1. The minimum atomic E-state index is -0.944. The van der Waals surface area contributed by atoms with Crippen LogP contribution in [-0.4, -0.2) is 29.6 Å². The molecule has 3 unspecified atom stereocenters. The highest BCUT2D eigenvalue weighted by atomic mass is 16.5. The van der Waals surface area contributed by atoms with Crippen LogP contribution in [0.25, 0.3) is 0 Å². The zero-order valence-corrected chi connectivity index (χ0v) is 12.0. The molecule has 0 radical (unpaired) electrons. The van der Waals surface area contributed by atoms with Crippen molar-refractivity contribution < 1.29 is 24.2 Å². The molecule has 0 saturated heterocycles. The van der Waals surface area contributed by atoms with Gasteiger partial charge in [0.2, 0.25) is 5.91 Å². The van der Waals surface area contributed by atoms with Crippen molar-refractivity contribution in [2.75, 3.05) is 11.9 Å². The Morgan fingerprint density at radius 1 is 1.23 bits per heavy atom. The average Bonchev–Trinajstić information content (AvgIpc) is 2.52. The fourth-order valence-electron chi connectivity index (χ4n) is 3.26. The van der Waals surface area contributed by atoms with Crippen LogP contribution in [0.4, 0.5) is 5.69 Å². The van der Waals surface area contributed by atoms with E-state index in [2.05, 4.69) is 5.32 Å². The predicted octanol–water partition coefficient (Wildman–Crippen LogP) is 1.91.